The lowest BCUT2D eigenvalue weighted by Gasteiger charge is -2.51. The van der Waals surface area contributed by atoms with E-state index in [1.54, 1.807) is 12.1 Å². The molecule has 1 aliphatic rings. The Hall–Kier alpha value is -0.440. The van der Waals surface area contributed by atoms with E-state index in [9.17, 15) is 0 Å². The molecule has 2 atom stereocenters. The third-order valence-corrected chi connectivity index (χ3v) is 4.22. The Morgan fingerprint density at radius 2 is 2.06 bits per heavy atom. The molecule has 0 amide bonds. The number of ether oxygens (including phenoxy) is 1. The quantitative estimate of drug-likeness (QED) is 0.906. The average Bonchev–Trinajstić information content (AvgIpc) is 2.26. The van der Waals surface area contributed by atoms with Gasteiger partial charge >= 0.3 is 0 Å². The lowest BCUT2D eigenvalue weighted by Crippen LogP contribution is -2.61. The fraction of sp³-hybridized carbons (Fsp3) is 0.538. The van der Waals surface area contributed by atoms with Gasteiger partial charge < -0.3 is 10.1 Å². The molecule has 1 aromatic carbocycles. The predicted octanol–water partition coefficient (Wildman–Crippen LogP) is 3.76. The molecule has 2 rings (SSSR count). The van der Waals surface area contributed by atoms with Crippen LogP contribution < -0.4 is 10.1 Å². The number of rotatable bonds is 3. The maximum Gasteiger partial charge on any atom is 0.138 e. The highest BCUT2D eigenvalue weighted by molar-refractivity contribution is 6.35. The summed E-state index contributed by atoms with van der Waals surface area (Å²) >= 11 is 11.9. The Morgan fingerprint density at radius 3 is 2.59 bits per heavy atom. The monoisotopic (exact) mass is 273 g/mol. The molecule has 1 N–H and O–H groups in total. The molecule has 1 saturated carbocycles. The van der Waals surface area contributed by atoms with Crippen LogP contribution in [0.4, 0.5) is 0 Å². The Morgan fingerprint density at radius 1 is 1.35 bits per heavy atom. The highest BCUT2D eigenvalue weighted by Crippen LogP contribution is 2.44. The molecule has 4 heteroatoms. The molecule has 0 heterocycles. The minimum Gasteiger partial charge on any atom is -0.488 e. The van der Waals surface area contributed by atoms with Crippen molar-refractivity contribution >= 4 is 23.2 Å². The molecule has 0 aliphatic heterocycles. The van der Waals surface area contributed by atoms with Crippen molar-refractivity contribution in [1.82, 2.24) is 5.32 Å². The first-order valence-electron chi connectivity index (χ1n) is 5.74. The molecular formula is C13H17Cl2NO. The second-order valence-corrected chi connectivity index (χ2v) is 5.92. The summed E-state index contributed by atoms with van der Waals surface area (Å²) in [5, 5.41) is 4.50. The molecule has 94 valence electrons. The third kappa shape index (κ3) is 2.40. The molecule has 0 aromatic heterocycles. The average molecular weight is 274 g/mol. The third-order valence-electron chi connectivity index (χ3n) is 3.69. The maximum atomic E-state index is 6.09. The van der Waals surface area contributed by atoms with Gasteiger partial charge in [-0.1, -0.05) is 37.0 Å². The van der Waals surface area contributed by atoms with Crippen LogP contribution in [0.25, 0.3) is 0 Å². The summed E-state index contributed by atoms with van der Waals surface area (Å²) < 4.78 is 5.95. The van der Waals surface area contributed by atoms with Crippen LogP contribution in [0.2, 0.25) is 10.0 Å². The molecule has 1 fully saturated rings. The predicted molar refractivity (Wildman–Crippen MR) is 72.1 cm³/mol. The summed E-state index contributed by atoms with van der Waals surface area (Å²) in [6.45, 7) is 4.40. The minimum atomic E-state index is 0.123. The lowest BCUT2D eigenvalue weighted by molar-refractivity contribution is -0.0520. The summed E-state index contributed by atoms with van der Waals surface area (Å²) in [5.41, 5.74) is 0.123. The lowest BCUT2D eigenvalue weighted by atomic mass is 9.64. The van der Waals surface area contributed by atoms with Crippen molar-refractivity contribution in [3.63, 3.8) is 0 Å². The minimum absolute atomic E-state index is 0.123. The van der Waals surface area contributed by atoms with Gasteiger partial charge in [-0.2, -0.15) is 0 Å². The van der Waals surface area contributed by atoms with Crippen molar-refractivity contribution in [2.75, 3.05) is 7.05 Å². The summed E-state index contributed by atoms with van der Waals surface area (Å²) in [5.74, 6) is 0.712. The van der Waals surface area contributed by atoms with E-state index in [1.807, 2.05) is 13.1 Å². The van der Waals surface area contributed by atoms with Crippen LogP contribution in [0.5, 0.6) is 5.75 Å². The van der Waals surface area contributed by atoms with Gasteiger partial charge in [0.1, 0.15) is 11.9 Å². The maximum absolute atomic E-state index is 6.09. The highest BCUT2D eigenvalue weighted by Gasteiger charge is 2.49. The summed E-state index contributed by atoms with van der Waals surface area (Å²) in [6, 6.07) is 5.83. The fourth-order valence-corrected chi connectivity index (χ4v) is 2.75. The number of benzene rings is 1. The number of hydrogen-bond donors (Lipinski definition) is 1. The second-order valence-electron chi connectivity index (χ2n) is 5.08. The number of halogens is 2. The van der Waals surface area contributed by atoms with Crippen molar-refractivity contribution in [3.8, 4) is 5.75 Å². The van der Waals surface area contributed by atoms with E-state index >= 15 is 0 Å². The van der Waals surface area contributed by atoms with Gasteiger partial charge in [0.05, 0.1) is 5.02 Å². The van der Waals surface area contributed by atoms with Crippen molar-refractivity contribution in [2.45, 2.75) is 32.4 Å². The molecule has 2 unspecified atom stereocenters. The molecule has 1 aliphatic carbocycles. The first-order chi connectivity index (χ1) is 7.95. The Kier molecular flexibility index (Phi) is 3.58. The second kappa shape index (κ2) is 4.68. The largest absolute Gasteiger partial charge is 0.488 e. The zero-order valence-corrected chi connectivity index (χ0v) is 11.8. The molecule has 0 radical (unpaired) electrons. The molecule has 1 aromatic rings. The topological polar surface area (TPSA) is 21.3 Å². The zero-order valence-electron chi connectivity index (χ0n) is 10.3. The van der Waals surface area contributed by atoms with E-state index in [4.69, 9.17) is 27.9 Å². The van der Waals surface area contributed by atoms with Crippen molar-refractivity contribution < 1.29 is 4.74 Å². The van der Waals surface area contributed by atoms with Crippen LogP contribution in [0.3, 0.4) is 0 Å². The highest BCUT2D eigenvalue weighted by atomic mass is 35.5. The zero-order chi connectivity index (χ0) is 12.6. The van der Waals surface area contributed by atoms with Gasteiger partial charge in [0.2, 0.25) is 0 Å². The van der Waals surface area contributed by atoms with Crippen molar-refractivity contribution in [3.05, 3.63) is 28.2 Å². The fourth-order valence-electron chi connectivity index (χ4n) is 2.30. The van der Waals surface area contributed by atoms with Gasteiger partial charge in [-0.15, -0.1) is 0 Å². The van der Waals surface area contributed by atoms with E-state index < -0.39 is 0 Å². The van der Waals surface area contributed by atoms with Crippen LogP contribution in [0.1, 0.15) is 20.3 Å². The number of nitrogens with one attached hydrogen (secondary N) is 1. The van der Waals surface area contributed by atoms with E-state index in [-0.39, 0.29) is 11.5 Å². The van der Waals surface area contributed by atoms with Crippen molar-refractivity contribution in [2.24, 2.45) is 5.41 Å². The molecule has 0 bridgehead atoms. The Labute approximate surface area is 112 Å². The van der Waals surface area contributed by atoms with Crippen molar-refractivity contribution in [1.29, 1.82) is 0 Å². The van der Waals surface area contributed by atoms with Gasteiger partial charge in [-0.25, -0.2) is 0 Å². The van der Waals surface area contributed by atoms with Crippen LogP contribution >= 0.6 is 23.2 Å². The summed E-state index contributed by atoms with van der Waals surface area (Å²) in [6.07, 6.45) is 1.20. The molecule has 0 saturated heterocycles. The van der Waals surface area contributed by atoms with E-state index in [0.717, 1.165) is 6.42 Å². The summed E-state index contributed by atoms with van der Waals surface area (Å²) in [4.78, 5) is 0. The Bertz CT molecular complexity index is 420. The standard InChI is InChI=1S/C13H17Cl2NO/c1-13(2)11(16-3)7-12(13)17-10-5-4-8(14)6-9(10)15/h4-6,11-12,16H,7H2,1-3H3. The SMILES string of the molecule is CNC1CC(Oc2ccc(Cl)cc2Cl)C1(C)C. The molecule has 2 nitrogen and oxygen atoms in total. The van der Waals surface area contributed by atoms with E-state index in [0.29, 0.717) is 21.8 Å². The van der Waals surface area contributed by atoms with Crippen LogP contribution in [-0.2, 0) is 0 Å². The first-order valence-corrected chi connectivity index (χ1v) is 6.49. The molecular weight excluding hydrogens is 257 g/mol. The first kappa shape index (κ1) is 13.0. The van der Waals surface area contributed by atoms with Gasteiger partial charge in [0.25, 0.3) is 0 Å². The van der Waals surface area contributed by atoms with Gasteiger partial charge in [0, 0.05) is 22.9 Å². The number of hydrogen-bond acceptors (Lipinski definition) is 2. The van der Waals surface area contributed by atoms with Gasteiger partial charge in [-0.05, 0) is 25.2 Å². The molecule has 17 heavy (non-hydrogen) atoms. The van der Waals surface area contributed by atoms with Gasteiger partial charge in [-0.3, -0.25) is 0 Å². The van der Waals surface area contributed by atoms with Crippen LogP contribution in [0.15, 0.2) is 18.2 Å². The van der Waals surface area contributed by atoms with Crippen LogP contribution in [-0.4, -0.2) is 19.2 Å². The van der Waals surface area contributed by atoms with E-state index in [2.05, 4.69) is 19.2 Å². The smallest absolute Gasteiger partial charge is 0.138 e. The van der Waals surface area contributed by atoms with E-state index in [1.165, 1.54) is 0 Å². The summed E-state index contributed by atoms with van der Waals surface area (Å²) in [7, 11) is 1.98. The van der Waals surface area contributed by atoms with Gasteiger partial charge in [0.15, 0.2) is 0 Å². The molecule has 0 spiro atoms. The van der Waals surface area contributed by atoms with Crippen LogP contribution in [0, 0.1) is 5.41 Å². The Balaban J connectivity index is 2.08. The normalized spacial score (nSPS) is 26.4.